The van der Waals surface area contributed by atoms with Crippen molar-refractivity contribution in [2.75, 3.05) is 26.7 Å². The van der Waals surface area contributed by atoms with Crippen molar-refractivity contribution in [3.8, 4) is 0 Å². The summed E-state index contributed by atoms with van der Waals surface area (Å²) in [5.74, 6) is 0.992. The van der Waals surface area contributed by atoms with Gasteiger partial charge in [-0.3, -0.25) is 9.69 Å². The third kappa shape index (κ3) is 2.24. The van der Waals surface area contributed by atoms with E-state index in [1.807, 2.05) is 22.7 Å². The first-order valence-corrected chi connectivity index (χ1v) is 5.72. The average Bonchev–Trinajstić information content (AvgIpc) is 2.75. The highest BCUT2D eigenvalue weighted by Gasteiger charge is 2.29. The minimum Gasteiger partial charge on any atom is -0.337 e. The predicted octanol–water partition coefficient (Wildman–Crippen LogP) is 0.421. The Morgan fingerprint density at radius 1 is 1.53 bits per heavy atom. The van der Waals surface area contributed by atoms with E-state index in [0.717, 1.165) is 18.9 Å². The van der Waals surface area contributed by atoms with Gasteiger partial charge < -0.3 is 9.47 Å². The van der Waals surface area contributed by atoms with Crippen LogP contribution in [0.25, 0.3) is 0 Å². The number of rotatable bonds is 2. The van der Waals surface area contributed by atoms with Gasteiger partial charge in [0.1, 0.15) is 5.82 Å². The number of likely N-dealkylation sites (N-methyl/N-ethyl adjacent to an activating group) is 1. The second-order valence-corrected chi connectivity index (χ2v) is 4.38. The molecule has 5 heteroatoms. The van der Waals surface area contributed by atoms with Gasteiger partial charge in [0.2, 0.25) is 5.91 Å². The van der Waals surface area contributed by atoms with Gasteiger partial charge in [-0.2, -0.15) is 0 Å². The van der Waals surface area contributed by atoms with Crippen LogP contribution in [-0.4, -0.2) is 51.9 Å². The van der Waals surface area contributed by atoms with E-state index in [1.165, 1.54) is 6.08 Å². The molecule has 5 nitrogen and oxygen atoms in total. The number of carbonyl (C=O) groups excluding carboxylic acids is 1. The second-order valence-electron chi connectivity index (χ2n) is 4.38. The maximum absolute atomic E-state index is 11.6. The third-order valence-electron chi connectivity index (χ3n) is 3.29. The van der Waals surface area contributed by atoms with E-state index >= 15 is 0 Å². The van der Waals surface area contributed by atoms with Crippen molar-refractivity contribution >= 4 is 5.91 Å². The highest BCUT2D eigenvalue weighted by atomic mass is 16.2. The summed E-state index contributed by atoms with van der Waals surface area (Å²) in [6, 6.07) is 0.160. The van der Waals surface area contributed by atoms with Crippen molar-refractivity contribution in [1.82, 2.24) is 19.4 Å². The largest absolute Gasteiger partial charge is 0.337 e. The van der Waals surface area contributed by atoms with Crippen LogP contribution in [0.2, 0.25) is 0 Å². The molecule has 0 aliphatic carbocycles. The fraction of sp³-hybridized carbons (Fsp3) is 0.500. The minimum absolute atomic E-state index is 0.00249. The molecule has 1 atom stereocenters. The van der Waals surface area contributed by atoms with E-state index in [-0.39, 0.29) is 11.9 Å². The Morgan fingerprint density at radius 3 is 2.88 bits per heavy atom. The van der Waals surface area contributed by atoms with Gasteiger partial charge in [0.25, 0.3) is 0 Å². The number of aromatic nitrogens is 2. The van der Waals surface area contributed by atoms with Crippen LogP contribution in [0.1, 0.15) is 11.9 Å². The van der Waals surface area contributed by atoms with Crippen molar-refractivity contribution < 1.29 is 4.79 Å². The second kappa shape index (κ2) is 4.71. The molecule has 1 aromatic rings. The fourth-order valence-corrected chi connectivity index (χ4v) is 2.18. The highest BCUT2D eigenvalue weighted by Crippen LogP contribution is 2.22. The summed E-state index contributed by atoms with van der Waals surface area (Å²) in [6.45, 7) is 5.82. The molecule has 1 aromatic heterocycles. The van der Waals surface area contributed by atoms with Gasteiger partial charge in [-0.05, 0) is 13.1 Å². The summed E-state index contributed by atoms with van der Waals surface area (Å²) in [7, 11) is 4.04. The Hall–Kier alpha value is -1.62. The number of aryl methyl sites for hydroxylation is 1. The molecule has 1 amide bonds. The van der Waals surface area contributed by atoms with Crippen LogP contribution in [-0.2, 0) is 11.8 Å². The molecule has 0 bridgehead atoms. The Morgan fingerprint density at radius 2 is 2.29 bits per heavy atom. The van der Waals surface area contributed by atoms with Crippen LogP contribution in [0, 0.1) is 0 Å². The molecule has 1 aliphatic heterocycles. The lowest BCUT2D eigenvalue weighted by Gasteiger charge is -2.38. The quantitative estimate of drug-likeness (QED) is 0.696. The number of amides is 1. The Bertz CT molecular complexity index is 426. The predicted molar refractivity (Wildman–Crippen MR) is 65.4 cm³/mol. The van der Waals surface area contributed by atoms with Crippen LogP contribution in [0.4, 0.5) is 0 Å². The monoisotopic (exact) mass is 234 g/mol. The van der Waals surface area contributed by atoms with Gasteiger partial charge in [-0.1, -0.05) is 6.58 Å². The number of imidazole rings is 1. The lowest BCUT2D eigenvalue weighted by molar-refractivity contribution is -0.128. The summed E-state index contributed by atoms with van der Waals surface area (Å²) >= 11 is 0. The molecule has 0 aromatic carbocycles. The van der Waals surface area contributed by atoms with Crippen LogP contribution >= 0.6 is 0 Å². The van der Waals surface area contributed by atoms with Gasteiger partial charge in [0, 0.05) is 39.1 Å². The molecule has 17 heavy (non-hydrogen) atoms. The first kappa shape index (κ1) is 11.9. The van der Waals surface area contributed by atoms with E-state index in [1.54, 1.807) is 6.20 Å². The minimum atomic E-state index is -0.00249. The maximum Gasteiger partial charge on any atom is 0.246 e. The zero-order chi connectivity index (χ0) is 12.4. The van der Waals surface area contributed by atoms with E-state index in [2.05, 4.69) is 23.5 Å². The molecule has 1 fully saturated rings. The zero-order valence-corrected chi connectivity index (χ0v) is 10.3. The number of piperazine rings is 1. The normalized spacial score (nSPS) is 21.5. The third-order valence-corrected chi connectivity index (χ3v) is 3.29. The van der Waals surface area contributed by atoms with E-state index in [4.69, 9.17) is 0 Å². The SMILES string of the molecule is C=CC(=O)N1CCN(C)C(c2nccn2C)C1. The summed E-state index contributed by atoms with van der Waals surface area (Å²) in [5, 5.41) is 0. The summed E-state index contributed by atoms with van der Waals surface area (Å²) in [5.41, 5.74) is 0. The van der Waals surface area contributed by atoms with Crippen molar-refractivity contribution in [1.29, 1.82) is 0 Å². The molecule has 1 unspecified atom stereocenters. The number of carbonyl (C=O) groups is 1. The average molecular weight is 234 g/mol. The van der Waals surface area contributed by atoms with Crippen molar-refractivity contribution in [2.24, 2.45) is 7.05 Å². The topological polar surface area (TPSA) is 41.4 Å². The van der Waals surface area contributed by atoms with E-state index in [0.29, 0.717) is 6.54 Å². The standard InChI is InChI=1S/C12H18N4O/c1-4-11(17)16-8-7-14(2)10(9-16)12-13-5-6-15(12)3/h4-6,10H,1,7-9H2,2-3H3. The molecule has 2 rings (SSSR count). The first-order valence-electron chi connectivity index (χ1n) is 5.72. The maximum atomic E-state index is 11.6. The molecule has 0 saturated carbocycles. The van der Waals surface area contributed by atoms with Gasteiger partial charge in [-0.15, -0.1) is 0 Å². The van der Waals surface area contributed by atoms with E-state index < -0.39 is 0 Å². The van der Waals surface area contributed by atoms with Crippen LogP contribution in [0.3, 0.4) is 0 Å². The molecule has 1 aliphatic rings. The van der Waals surface area contributed by atoms with Gasteiger partial charge in [0.05, 0.1) is 6.04 Å². The van der Waals surface area contributed by atoms with Gasteiger partial charge in [-0.25, -0.2) is 4.98 Å². The molecular formula is C12H18N4O. The van der Waals surface area contributed by atoms with Crippen LogP contribution in [0.5, 0.6) is 0 Å². The molecular weight excluding hydrogens is 216 g/mol. The fourth-order valence-electron chi connectivity index (χ4n) is 2.18. The highest BCUT2D eigenvalue weighted by molar-refractivity contribution is 5.87. The molecule has 2 heterocycles. The van der Waals surface area contributed by atoms with Crippen molar-refractivity contribution in [2.45, 2.75) is 6.04 Å². The molecule has 92 valence electrons. The number of hydrogen-bond donors (Lipinski definition) is 0. The molecule has 1 saturated heterocycles. The Kier molecular flexibility index (Phi) is 3.28. The number of nitrogens with zero attached hydrogens (tertiary/aromatic N) is 4. The summed E-state index contributed by atoms with van der Waals surface area (Å²) < 4.78 is 2.00. The lowest BCUT2D eigenvalue weighted by Crippen LogP contribution is -2.49. The lowest BCUT2D eigenvalue weighted by atomic mass is 10.1. The zero-order valence-electron chi connectivity index (χ0n) is 10.3. The summed E-state index contributed by atoms with van der Waals surface area (Å²) in [4.78, 5) is 20.1. The van der Waals surface area contributed by atoms with Crippen molar-refractivity contribution in [3.63, 3.8) is 0 Å². The van der Waals surface area contributed by atoms with Crippen LogP contribution < -0.4 is 0 Å². The smallest absolute Gasteiger partial charge is 0.246 e. The number of hydrogen-bond acceptors (Lipinski definition) is 3. The summed E-state index contributed by atoms with van der Waals surface area (Å²) in [6.07, 6.45) is 5.09. The van der Waals surface area contributed by atoms with Gasteiger partial charge >= 0.3 is 0 Å². The Balaban J connectivity index is 2.18. The Labute approximate surface area is 101 Å². The first-order chi connectivity index (χ1) is 8.13. The van der Waals surface area contributed by atoms with Crippen LogP contribution in [0.15, 0.2) is 25.0 Å². The molecule has 0 N–H and O–H groups in total. The van der Waals surface area contributed by atoms with Gasteiger partial charge in [0.15, 0.2) is 0 Å². The van der Waals surface area contributed by atoms with Crippen molar-refractivity contribution in [3.05, 3.63) is 30.9 Å². The molecule has 0 spiro atoms. The molecule has 0 radical (unpaired) electrons. The van der Waals surface area contributed by atoms with E-state index in [9.17, 15) is 4.79 Å².